The minimum atomic E-state index is 0.653. The molecule has 0 aromatic heterocycles. The molecule has 0 aromatic rings. The average molecular weight is 271 g/mol. The summed E-state index contributed by atoms with van der Waals surface area (Å²) in [4.78, 5) is 4.84. The number of hydrogen-bond acceptors (Lipinski definition) is 3. The van der Waals surface area contributed by atoms with E-state index in [1.54, 1.807) is 0 Å². The molecule has 0 saturated carbocycles. The van der Waals surface area contributed by atoms with E-state index in [2.05, 4.69) is 56.9 Å². The molecule has 0 aliphatic carbocycles. The van der Waals surface area contributed by atoms with Gasteiger partial charge in [-0.3, -0.25) is 0 Å². The lowest BCUT2D eigenvalue weighted by atomic mass is 10.0. The molecule has 0 heterocycles. The quantitative estimate of drug-likeness (QED) is 0.589. The van der Waals surface area contributed by atoms with Crippen LogP contribution in [0.5, 0.6) is 0 Å². The van der Waals surface area contributed by atoms with Gasteiger partial charge in [-0.1, -0.05) is 20.8 Å². The highest BCUT2D eigenvalue weighted by atomic mass is 15.2. The van der Waals surface area contributed by atoms with E-state index in [-0.39, 0.29) is 0 Å². The zero-order valence-corrected chi connectivity index (χ0v) is 14.2. The summed E-state index contributed by atoms with van der Waals surface area (Å²) < 4.78 is 0. The van der Waals surface area contributed by atoms with Gasteiger partial charge in [-0.2, -0.15) is 0 Å². The summed E-state index contributed by atoms with van der Waals surface area (Å²) in [6.07, 6.45) is 3.87. The molecule has 0 rings (SSSR count). The van der Waals surface area contributed by atoms with Gasteiger partial charge < -0.3 is 15.1 Å². The third kappa shape index (κ3) is 12.6. The van der Waals surface area contributed by atoms with Crippen LogP contribution >= 0.6 is 0 Å². The largest absolute Gasteiger partial charge is 0.313 e. The van der Waals surface area contributed by atoms with Crippen molar-refractivity contribution < 1.29 is 0 Å². The normalized spacial score (nSPS) is 13.7. The number of hydrogen-bond donors (Lipinski definition) is 1. The van der Waals surface area contributed by atoms with Crippen molar-refractivity contribution in [3.05, 3.63) is 0 Å². The molecule has 0 saturated heterocycles. The molecule has 1 N–H and O–H groups in total. The molecule has 0 spiro atoms. The highest BCUT2D eigenvalue weighted by Gasteiger charge is 2.06. The van der Waals surface area contributed by atoms with E-state index in [1.807, 2.05) is 0 Å². The highest BCUT2D eigenvalue weighted by Crippen LogP contribution is 2.06. The Morgan fingerprint density at radius 1 is 0.895 bits per heavy atom. The van der Waals surface area contributed by atoms with Gasteiger partial charge in [0.25, 0.3) is 0 Å². The fraction of sp³-hybridized carbons (Fsp3) is 1.00. The Hall–Kier alpha value is -0.120. The molecule has 0 amide bonds. The second-order valence-corrected chi connectivity index (χ2v) is 6.47. The lowest BCUT2D eigenvalue weighted by Gasteiger charge is -2.24. The molecule has 0 aliphatic rings. The summed E-state index contributed by atoms with van der Waals surface area (Å²) in [7, 11) is 4.30. The predicted molar refractivity (Wildman–Crippen MR) is 86.8 cm³/mol. The van der Waals surface area contributed by atoms with E-state index < -0.39 is 0 Å². The van der Waals surface area contributed by atoms with Crippen LogP contribution in [0.2, 0.25) is 0 Å². The van der Waals surface area contributed by atoms with Crippen molar-refractivity contribution in [2.24, 2.45) is 5.92 Å². The topological polar surface area (TPSA) is 18.5 Å². The number of likely N-dealkylation sites (N-methyl/N-ethyl adjacent to an activating group) is 1. The van der Waals surface area contributed by atoms with Crippen molar-refractivity contribution in [1.29, 1.82) is 0 Å². The van der Waals surface area contributed by atoms with Gasteiger partial charge >= 0.3 is 0 Å². The van der Waals surface area contributed by atoms with Crippen molar-refractivity contribution >= 4 is 0 Å². The fourth-order valence-electron chi connectivity index (χ4n) is 2.15. The number of nitrogens with zero attached hydrogens (tertiary/aromatic N) is 2. The molecule has 0 aliphatic heterocycles. The Bertz CT molecular complexity index is 192. The van der Waals surface area contributed by atoms with Crippen molar-refractivity contribution in [3.8, 4) is 0 Å². The summed E-state index contributed by atoms with van der Waals surface area (Å²) in [5.74, 6) is 0.820. The Morgan fingerprint density at radius 3 is 2.11 bits per heavy atom. The fourth-order valence-corrected chi connectivity index (χ4v) is 2.15. The maximum atomic E-state index is 3.66. The van der Waals surface area contributed by atoms with Crippen LogP contribution in [0, 0.1) is 5.92 Å². The van der Waals surface area contributed by atoms with Crippen LogP contribution in [-0.4, -0.2) is 62.7 Å². The molecule has 19 heavy (non-hydrogen) atoms. The van der Waals surface area contributed by atoms with Crippen molar-refractivity contribution in [2.75, 3.05) is 46.8 Å². The first-order chi connectivity index (χ1) is 8.95. The SMILES string of the molecule is CCCN(CCNC(C)CCC(C)C)CCN(C)C. The second-order valence-electron chi connectivity index (χ2n) is 6.47. The summed E-state index contributed by atoms with van der Waals surface area (Å²) in [5, 5.41) is 3.66. The molecule has 3 heteroatoms. The Morgan fingerprint density at radius 2 is 1.58 bits per heavy atom. The number of nitrogens with one attached hydrogen (secondary N) is 1. The lowest BCUT2D eigenvalue weighted by molar-refractivity contribution is 0.238. The maximum Gasteiger partial charge on any atom is 0.0110 e. The van der Waals surface area contributed by atoms with Gasteiger partial charge in [0.1, 0.15) is 0 Å². The lowest BCUT2D eigenvalue weighted by Crippen LogP contribution is -2.39. The summed E-state index contributed by atoms with van der Waals surface area (Å²) in [6, 6.07) is 0.653. The molecule has 0 aromatic carbocycles. The summed E-state index contributed by atoms with van der Waals surface area (Å²) in [5.41, 5.74) is 0. The molecular formula is C16H37N3. The maximum absolute atomic E-state index is 3.66. The molecule has 1 unspecified atom stereocenters. The second kappa shape index (κ2) is 11.7. The average Bonchev–Trinajstić information content (AvgIpc) is 2.33. The monoisotopic (exact) mass is 271 g/mol. The standard InChI is InChI=1S/C16H37N3/c1-7-11-19(14-13-18(5)6)12-10-17-16(4)9-8-15(2)3/h15-17H,7-14H2,1-6H3. The number of rotatable bonds is 12. The zero-order chi connectivity index (χ0) is 14.7. The molecule has 0 radical (unpaired) electrons. The van der Waals surface area contributed by atoms with Crippen molar-refractivity contribution in [3.63, 3.8) is 0 Å². The van der Waals surface area contributed by atoms with Crippen LogP contribution in [-0.2, 0) is 0 Å². The molecule has 116 valence electrons. The van der Waals surface area contributed by atoms with E-state index in [0.717, 1.165) is 19.0 Å². The van der Waals surface area contributed by atoms with Gasteiger partial charge in [-0.15, -0.1) is 0 Å². The first-order valence-corrected chi connectivity index (χ1v) is 8.06. The van der Waals surface area contributed by atoms with E-state index in [9.17, 15) is 0 Å². The van der Waals surface area contributed by atoms with E-state index in [4.69, 9.17) is 0 Å². The first kappa shape index (κ1) is 18.9. The smallest absolute Gasteiger partial charge is 0.0110 e. The van der Waals surface area contributed by atoms with Crippen LogP contribution in [0.25, 0.3) is 0 Å². The Kier molecular flexibility index (Phi) is 11.6. The van der Waals surface area contributed by atoms with Gasteiger partial charge in [0, 0.05) is 32.2 Å². The van der Waals surface area contributed by atoms with Gasteiger partial charge in [-0.25, -0.2) is 0 Å². The highest BCUT2D eigenvalue weighted by molar-refractivity contribution is 4.65. The van der Waals surface area contributed by atoms with Crippen LogP contribution in [0.1, 0.15) is 47.0 Å². The third-order valence-electron chi connectivity index (χ3n) is 3.50. The molecule has 0 fully saturated rings. The van der Waals surface area contributed by atoms with E-state index in [1.165, 1.54) is 38.9 Å². The molecule has 0 bridgehead atoms. The Labute approximate surface area is 121 Å². The molecule has 1 atom stereocenters. The third-order valence-corrected chi connectivity index (χ3v) is 3.50. The van der Waals surface area contributed by atoms with E-state index in [0.29, 0.717) is 6.04 Å². The minimum Gasteiger partial charge on any atom is -0.313 e. The van der Waals surface area contributed by atoms with Crippen LogP contribution in [0.15, 0.2) is 0 Å². The first-order valence-electron chi connectivity index (χ1n) is 8.06. The summed E-state index contributed by atoms with van der Waals surface area (Å²) >= 11 is 0. The van der Waals surface area contributed by atoms with Crippen LogP contribution in [0.4, 0.5) is 0 Å². The van der Waals surface area contributed by atoms with Gasteiger partial charge in [0.15, 0.2) is 0 Å². The van der Waals surface area contributed by atoms with Crippen LogP contribution in [0.3, 0.4) is 0 Å². The van der Waals surface area contributed by atoms with Crippen LogP contribution < -0.4 is 5.32 Å². The summed E-state index contributed by atoms with van der Waals surface area (Å²) in [6.45, 7) is 15.0. The zero-order valence-electron chi connectivity index (χ0n) is 14.2. The predicted octanol–water partition coefficient (Wildman–Crippen LogP) is 2.67. The van der Waals surface area contributed by atoms with Gasteiger partial charge in [0.05, 0.1) is 0 Å². The minimum absolute atomic E-state index is 0.653. The van der Waals surface area contributed by atoms with Crippen molar-refractivity contribution in [1.82, 2.24) is 15.1 Å². The molecule has 3 nitrogen and oxygen atoms in total. The van der Waals surface area contributed by atoms with Gasteiger partial charge in [-0.05, 0) is 52.7 Å². The van der Waals surface area contributed by atoms with Crippen molar-refractivity contribution in [2.45, 2.75) is 53.0 Å². The van der Waals surface area contributed by atoms with E-state index >= 15 is 0 Å². The Balaban J connectivity index is 3.72. The van der Waals surface area contributed by atoms with Gasteiger partial charge in [0.2, 0.25) is 0 Å². The molecular weight excluding hydrogens is 234 g/mol.